The van der Waals surface area contributed by atoms with E-state index in [2.05, 4.69) is 33.9 Å². The van der Waals surface area contributed by atoms with Crippen molar-refractivity contribution in [1.29, 1.82) is 0 Å². The number of nitrogens with one attached hydrogen (secondary N) is 1. The number of hydrogen-bond donors (Lipinski definition) is 1. The molecule has 0 aliphatic carbocycles. The van der Waals surface area contributed by atoms with Crippen LogP contribution >= 0.6 is 45.6 Å². The van der Waals surface area contributed by atoms with Crippen molar-refractivity contribution >= 4 is 45.6 Å². The number of hydrogen-bond acceptors (Lipinski definition) is 5. The van der Waals surface area contributed by atoms with E-state index < -0.39 is 0 Å². The van der Waals surface area contributed by atoms with Gasteiger partial charge >= 0.3 is 0 Å². The van der Waals surface area contributed by atoms with Crippen LogP contribution in [0.15, 0.2) is 41.4 Å². The largest absolute Gasteiger partial charge is 0.300 e. The molecule has 98 valence electrons. The Balaban J connectivity index is 1.80. The van der Waals surface area contributed by atoms with Gasteiger partial charge < -0.3 is 0 Å². The molecule has 0 fully saturated rings. The van der Waals surface area contributed by atoms with Gasteiger partial charge in [-0.05, 0) is 23.6 Å². The minimum atomic E-state index is 0.208. The maximum absolute atomic E-state index is 6.05. The lowest BCUT2D eigenvalue weighted by Crippen LogP contribution is -2.19. The Bertz CT molecular complexity index is 616. The van der Waals surface area contributed by atoms with Gasteiger partial charge in [0.25, 0.3) is 0 Å². The van der Waals surface area contributed by atoms with Crippen LogP contribution in [-0.2, 0) is 6.54 Å². The van der Waals surface area contributed by atoms with Gasteiger partial charge in [-0.15, -0.1) is 34.0 Å². The zero-order valence-electron chi connectivity index (χ0n) is 9.88. The molecule has 3 heterocycles. The molecular weight excluding hydrogens is 316 g/mol. The zero-order valence-corrected chi connectivity index (χ0v) is 13.1. The van der Waals surface area contributed by atoms with E-state index >= 15 is 0 Å². The monoisotopic (exact) mass is 326 g/mol. The van der Waals surface area contributed by atoms with Crippen LogP contribution < -0.4 is 5.32 Å². The number of aromatic nitrogens is 1. The second kappa shape index (κ2) is 6.15. The lowest BCUT2D eigenvalue weighted by molar-refractivity contribution is 0.626. The van der Waals surface area contributed by atoms with Gasteiger partial charge in [0.05, 0.1) is 15.9 Å². The number of thiazole rings is 1. The standard InChI is InChI=1S/C13H11ClN2S3/c14-12-4-3-11(19-12)13(10-2-1-5-17-10)16-7-9-6-15-8-18-9/h1-6,8,13,16H,7H2. The van der Waals surface area contributed by atoms with E-state index in [4.69, 9.17) is 11.6 Å². The lowest BCUT2D eigenvalue weighted by atomic mass is 10.2. The highest BCUT2D eigenvalue weighted by molar-refractivity contribution is 7.16. The molecule has 0 saturated carbocycles. The van der Waals surface area contributed by atoms with Crippen LogP contribution in [0, 0.1) is 0 Å². The Hall–Kier alpha value is -0.720. The predicted molar refractivity (Wildman–Crippen MR) is 84.4 cm³/mol. The first-order chi connectivity index (χ1) is 9.33. The normalized spacial score (nSPS) is 12.7. The SMILES string of the molecule is Clc1ccc(C(NCc2cncs2)c2cccs2)s1. The second-order valence-corrected chi connectivity index (χ2v) is 7.64. The number of thiophene rings is 2. The van der Waals surface area contributed by atoms with Gasteiger partial charge in [-0.25, -0.2) is 0 Å². The minimum absolute atomic E-state index is 0.208. The Morgan fingerprint density at radius 2 is 2.16 bits per heavy atom. The molecule has 0 aliphatic heterocycles. The fourth-order valence-corrected chi connectivity index (χ4v) is 4.41. The van der Waals surface area contributed by atoms with E-state index in [1.165, 1.54) is 14.6 Å². The molecule has 0 aromatic carbocycles. The number of halogens is 1. The van der Waals surface area contributed by atoms with Crippen molar-refractivity contribution in [3.05, 3.63) is 60.3 Å². The molecule has 1 unspecified atom stereocenters. The third-order valence-corrected chi connectivity index (χ3v) is 5.68. The summed E-state index contributed by atoms with van der Waals surface area (Å²) in [7, 11) is 0. The molecule has 0 saturated heterocycles. The van der Waals surface area contributed by atoms with Crippen LogP contribution in [0.4, 0.5) is 0 Å². The average molecular weight is 327 g/mol. The predicted octanol–water partition coefficient (Wildman–Crippen LogP) is 4.80. The molecule has 0 bridgehead atoms. The van der Waals surface area contributed by atoms with Crippen molar-refractivity contribution in [2.45, 2.75) is 12.6 Å². The summed E-state index contributed by atoms with van der Waals surface area (Å²) in [5.74, 6) is 0. The molecule has 0 spiro atoms. The highest BCUT2D eigenvalue weighted by Crippen LogP contribution is 2.33. The van der Waals surface area contributed by atoms with Gasteiger partial charge in [0.2, 0.25) is 0 Å². The summed E-state index contributed by atoms with van der Waals surface area (Å²) in [4.78, 5) is 7.90. The summed E-state index contributed by atoms with van der Waals surface area (Å²) in [6.45, 7) is 0.822. The van der Waals surface area contributed by atoms with Crippen LogP contribution in [0.5, 0.6) is 0 Å². The van der Waals surface area contributed by atoms with Crippen LogP contribution in [0.1, 0.15) is 20.7 Å². The van der Waals surface area contributed by atoms with Crippen molar-refractivity contribution in [2.24, 2.45) is 0 Å². The quantitative estimate of drug-likeness (QED) is 0.728. The molecule has 3 aromatic rings. The third kappa shape index (κ3) is 3.24. The molecule has 19 heavy (non-hydrogen) atoms. The van der Waals surface area contributed by atoms with Crippen LogP contribution in [0.25, 0.3) is 0 Å². The van der Waals surface area contributed by atoms with Crippen molar-refractivity contribution in [3.63, 3.8) is 0 Å². The van der Waals surface area contributed by atoms with Gasteiger partial charge in [0.1, 0.15) is 0 Å². The fourth-order valence-electron chi connectivity index (χ4n) is 1.81. The van der Waals surface area contributed by atoms with Crippen LogP contribution in [0.3, 0.4) is 0 Å². The first kappa shape index (κ1) is 13.3. The zero-order chi connectivity index (χ0) is 13.1. The summed E-state index contributed by atoms with van der Waals surface area (Å²) >= 11 is 11.1. The summed E-state index contributed by atoms with van der Waals surface area (Å²) in [5, 5.41) is 5.69. The van der Waals surface area contributed by atoms with E-state index in [1.54, 1.807) is 34.0 Å². The molecular formula is C13H11ClN2S3. The summed E-state index contributed by atoms with van der Waals surface area (Å²) in [5.41, 5.74) is 1.86. The molecule has 1 atom stereocenters. The van der Waals surface area contributed by atoms with Crippen molar-refractivity contribution in [3.8, 4) is 0 Å². The van der Waals surface area contributed by atoms with Crippen molar-refractivity contribution in [2.75, 3.05) is 0 Å². The molecule has 0 radical (unpaired) electrons. The first-order valence-corrected chi connectivity index (χ1v) is 8.67. The molecule has 0 aliphatic rings. The molecule has 3 rings (SSSR count). The third-order valence-electron chi connectivity index (χ3n) is 2.67. The van der Waals surface area contributed by atoms with E-state index in [0.29, 0.717) is 0 Å². The maximum Gasteiger partial charge on any atom is 0.0931 e. The van der Waals surface area contributed by atoms with Crippen LogP contribution in [-0.4, -0.2) is 4.98 Å². The van der Waals surface area contributed by atoms with E-state index in [0.717, 1.165) is 10.9 Å². The van der Waals surface area contributed by atoms with E-state index in [1.807, 2.05) is 17.8 Å². The minimum Gasteiger partial charge on any atom is -0.300 e. The molecule has 0 amide bonds. The van der Waals surface area contributed by atoms with Gasteiger partial charge in [0, 0.05) is 27.4 Å². The Labute approximate surface area is 128 Å². The highest BCUT2D eigenvalue weighted by atomic mass is 35.5. The Morgan fingerprint density at radius 3 is 2.79 bits per heavy atom. The van der Waals surface area contributed by atoms with E-state index in [-0.39, 0.29) is 6.04 Å². The first-order valence-electron chi connectivity index (χ1n) is 5.72. The molecule has 1 N–H and O–H groups in total. The molecule has 6 heteroatoms. The number of rotatable bonds is 5. The fraction of sp³-hybridized carbons (Fsp3) is 0.154. The maximum atomic E-state index is 6.05. The van der Waals surface area contributed by atoms with Crippen molar-refractivity contribution < 1.29 is 0 Å². The lowest BCUT2D eigenvalue weighted by Gasteiger charge is -2.15. The summed E-state index contributed by atoms with van der Waals surface area (Å²) in [6, 6.07) is 8.49. The van der Waals surface area contributed by atoms with Gasteiger partial charge in [-0.3, -0.25) is 10.3 Å². The highest BCUT2D eigenvalue weighted by Gasteiger charge is 2.16. The Morgan fingerprint density at radius 1 is 1.21 bits per heavy atom. The second-order valence-electron chi connectivity index (χ2n) is 3.94. The summed E-state index contributed by atoms with van der Waals surface area (Å²) < 4.78 is 0.830. The summed E-state index contributed by atoms with van der Waals surface area (Å²) in [6.07, 6.45) is 1.91. The molecule has 3 aromatic heterocycles. The van der Waals surface area contributed by atoms with Crippen LogP contribution in [0.2, 0.25) is 4.34 Å². The average Bonchev–Trinajstić information content (AvgIpc) is 3.11. The molecule has 2 nitrogen and oxygen atoms in total. The Kier molecular flexibility index (Phi) is 4.30. The van der Waals surface area contributed by atoms with E-state index in [9.17, 15) is 0 Å². The van der Waals surface area contributed by atoms with Crippen molar-refractivity contribution in [1.82, 2.24) is 10.3 Å². The smallest absolute Gasteiger partial charge is 0.0931 e. The van der Waals surface area contributed by atoms with Gasteiger partial charge in [0.15, 0.2) is 0 Å². The topological polar surface area (TPSA) is 24.9 Å². The van der Waals surface area contributed by atoms with Gasteiger partial charge in [-0.2, -0.15) is 0 Å². The van der Waals surface area contributed by atoms with Gasteiger partial charge in [-0.1, -0.05) is 17.7 Å². The number of nitrogens with zero attached hydrogens (tertiary/aromatic N) is 1.